The molecule has 5 heteroatoms. The van der Waals surface area contributed by atoms with Gasteiger partial charge in [0.25, 0.3) is 0 Å². The molecule has 4 rings (SSSR count). The summed E-state index contributed by atoms with van der Waals surface area (Å²) >= 11 is 1.74. The van der Waals surface area contributed by atoms with Crippen LogP contribution in [0.25, 0.3) is 5.70 Å². The van der Waals surface area contributed by atoms with E-state index in [2.05, 4.69) is 34.8 Å². The van der Waals surface area contributed by atoms with E-state index in [0.29, 0.717) is 12.0 Å². The molecule has 3 unspecified atom stereocenters. The molecule has 29 heavy (non-hydrogen) atoms. The molecule has 154 valence electrons. The van der Waals surface area contributed by atoms with Crippen LogP contribution < -0.4 is 5.32 Å². The highest BCUT2D eigenvalue weighted by molar-refractivity contribution is 7.98. The topological polar surface area (TPSA) is 58.0 Å². The van der Waals surface area contributed by atoms with E-state index < -0.39 is 6.10 Å². The Balaban J connectivity index is 1.50. The first-order valence-corrected chi connectivity index (χ1v) is 12.0. The zero-order valence-corrected chi connectivity index (χ0v) is 18.2. The van der Waals surface area contributed by atoms with E-state index in [4.69, 9.17) is 4.98 Å². The van der Waals surface area contributed by atoms with Gasteiger partial charge in [-0.15, -0.1) is 11.8 Å². The summed E-state index contributed by atoms with van der Waals surface area (Å²) in [5.41, 5.74) is 4.10. The molecule has 1 fully saturated rings. The van der Waals surface area contributed by atoms with Crippen LogP contribution in [0.3, 0.4) is 0 Å². The van der Waals surface area contributed by atoms with Gasteiger partial charge in [0, 0.05) is 34.9 Å². The van der Waals surface area contributed by atoms with Crippen LogP contribution in [0.2, 0.25) is 0 Å². The Morgan fingerprint density at radius 2 is 1.97 bits per heavy atom. The fraction of sp³-hybridized carbons (Fsp3) is 0.500. The number of thioether (sulfide) groups is 1. The Hall–Kier alpha value is -1.85. The number of aromatic nitrogens is 2. The Morgan fingerprint density at radius 1 is 1.14 bits per heavy atom. The lowest BCUT2D eigenvalue weighted by molar-refractivity contribution is 0.199. The summed E-state index contributed by atoms with van der Waals surface area (Å²) in [5.74, 6) is 1.23. The van der Waals surface area contributed by atoms with Crippen molar-refractivity contribution in [2.24, 2.45) is 5.92 Å². The van der Waals surface area contributed by atoms with Crippen LogP contribution in [0.15, 0.2) is 47.6 Å². The molecule has 3 atom stereocenters. The van der Waals surface area contributed by atoms with Crippen molar-refractivity contribution in [3.05, 3.63) is 59.7 Å². The van der Waals surface area contributed by atoms with Gasteiger partial charge >= 0.3 is 0 Å². The molecule has 2 N–H and O–H groups in total. The van der Waals surface area contributed by atoms with Gasteiger partial charge in [0.15, 0.2) is 0 Å². The third-order valence-corrected chi connectivity index (χ3v) is 7.10. The number of pyridine rings is 2. The fourth-order valence-electron chi connectivity index (χ4n) is 4.65. The minimum Gasteiger partial charge on any atom is -0.389 e. The highest BCUT2D eigenvalue weighted by Gasteiger charge is 2.31. The van der Waals surface area contributed by atoms with Crippen LogP contribution in [-0.2, 0) is 0 Å². The first-order chi connectivity index (χ1) is 14.1. The lowest BCUT2D eigenvalue weighted by Gasteiger charge is -2.27. The highest BCUT2D eigenvalue weighted by Crippen LogP contribution is 2.38. The van der Waals surface area contributed by atoms with E-state index in [9.17, 15) is 5.11 Å². The first kappa shape index (κ1) is 20.4. The second-order valence-electron chi connectivity index (χ2n) is 8.37. The minimum absolute atomic E-state index is 0.358. The van der Waals surface area contributed by atoms with Crippen LogP contribution in [0, 0.1) is 5.92 Å². The Morgan fingerprint density at radius 3 is 2.59 bits per heavy atom. The minimum atomic E-state index is -0.485. The van der Waals surface area contributed by atoms with Crippen LogP contribution in [0.5, 0.6) is 0 Å². The molecular weight excluding hydrogens is 378 g/mol. The van der Waals surface area contributed by atoms with Gasteiger partial charge in [-0.2, -0.15) is 0 Å². The summed E-state index contributed by atoms with van der Waals surface area (Å²) in [4.78, 5) is 10.6. The second kappa shape index (κ2) is 9.31. The predicted molar refractivity (Wildman–Crippen MR) is 120 cm³/mol. The van der Waals surface area contributed by atoms with Gasteiger partial charge in [-0.25, -0.2) is 0 Å². The summed E-state index contributed by atoms with van der Waals surface area (Å²) in [6.45, 7) is 1.77. The molecule has 4 nitrogen and oxygen atoms in total. The van der Waals surface area contributed by atoms with Crippen molar-refractivity contribution in [2.45, 2.75) is 68.4 Å². The highest BCUT2D eigenvalue weighted by atomic mass is 32.2. The fourth-order valence-corrected chi connectivity index (χ4v) is 5.01. The average molecular weight is 410 g/mol. The van der Waals surface area contributed by atoms with Crippen LogP contribution in [0.1, 0.15) is 74.4 Å². The van der Waals surface area contributed by atoms with E-state index in [-0.39, 0.29) is 0 Å². The second-order valence-corrected chi connectivity index (χ2v) is 9.25. The number of hydrogen-bond acceptors (Lipinski definition) is 5. The molecule has 1 saturated carbocycles. The van der Waals surface area contributed by atoms with E-state index in [1.54, 1.807) is 24.9 Å². The Kier molecular flexibility index (Phi) is 6.56. The molecule has 1 aliphatic heterocycles. The molecule has 0 spiro atoms. The van der Waals surface area contributed by atoms with Gasteiger partial charge in [0.05, 0.1) is 17.5 Å². The molecule has 0 bridgehead atoms. The van der Waals surface area contributed by atoms with Crippen LogP contribution in [-0.4, -0.2) is 27.4 Å². The Labute approximate surface area is 178 Å². The number of nitrogens with zero attached hydrogens (tertiary/aromatic N) is 2. The SMILES string of the molecule is CSc1ccc(C(CC2CCCC2)C2CC=C(c3ccc(C(C)O)cn3)N2)nc1. The Bertz CT molecular complexity index is 826. The molecule has 0 amide bonds. The van der Waals surface area contributed by atoms with E-state index in [1.807, 2.05) is 18.3 Å². The molecule has 3 heterocycles. The predicted octanol–water partition coefficient (Wildman–Crippen LogP) is 5.32. The zero-order chi connectivity index (χ0) is 20.2. The van der Waals surface area contributed by atoms with Gasteiger partial charge in [0.2, 0.25) is 0 Å². The number of rotatable bonds is 7. The summed E-state index contributed by atoms with van der Waals surface area (Å²) in [6.07, 6.45) is 15.3. The number of aliphatic hydroxyl groups excluding tert-OH is 1. The molecule has 0 saturated heterocycles. The third kappa shape index (κ3) is 4.84. The lowest BCUT2D eigenvalue weighted by atomic mass is 9.84. The monoisotopic (exact) mass is 409 g/mol. The van der Waals surface area contributed by atoms with Crippen molar-refractivity contribution >= 4 is 17.5 Å². The third-order valence-electron chi connectivity index (χ3n) is 6.38. The van der Waals surface area contributed by atoms with Gasteiger partial charge in [-0.05, 0) is 55.7 Å². The van der Waals surface area contributed by atoms with Crippen LogP contribution in [0.4, 0.5) is 0 Å². The number of aliphatic hydroxyl groups is 1. The maximum Gasteiger partial charge on any atom is 0.0857 e. The van der Waals surface area contributed by atoms with Gasteiger partial charge in [-0.3, -0.25) is 9.97 Å². The maximum absolute atomic E-state index is 9.72. The van der Waals surface area contributed by atoms with Crippen molar-refractivity contribution in [3.63, 3.8) is 0 Å². The van der Waals surface area contributed by atoms with E-state index in [1.165, 1.54) is 42.7 Å². The van der Waals surface area contributed by atoms with Crippen molar-refractivity contribution < 1.29 is 5.11 Å². The summed E-state index contributed by atoms with van der Waals surface area (Å²) in [5, 5.41) is 13.5. The van der Waals surface area contributed by atoms with Crippen LogP contribution >= 0.6 is 11.8 Å². The largest absolute Gasteiger partial charge is 0.389 e. The van der Waals surface area contributed by atoms with Gasteiger partial charge in [-0.1, -0.05) is 37.8 Å². The normalized spacial score (nSPS) is 21.6. The first-order valence-electron chi connectivity index (χ1n) is 10.7. The molecular formula is C24H31N3OS. The van der Waals surface area contributed by atoms with E-state index >= 15 is 0 Å². The van der Waals surface area contributed by atoms with Crippen molar-refractivity contribution in [1.82, 2.24) is 15.3 Å². The lowest BCUT2D eigenvalue weighted by Crippen LogP contribution is -2.31. The smallest absolute Gasteiger partial charge is 0.0857 e. The summed E-state index contributed by atoms with van der Waals surface area (Å²) < 4.78 is 0. The average Bonchev–Trinajstić information content (AvgIpc) is 3.44. The molecule has 2 aromatic heterocycles. The maximum atomic E-state index is 9.72. The van der Waals surface area contributed by atoms with Gasteiger partial charge < -0.3 is 10.4 Å². The summed E-state index contributed by atoms with van der Waals surface area (Å²) in [6, 6.07) is 8.74. The summed E-state index contributed by atoms with van der Waals surface area (Å²) in [7, 11) is 0. The van der Waals surface area contributed by atoms with Crippen molar-refractivity contribution in [3.8, 4) is 0 Å². The molecule has 0 radical (unpaired) electrons. The van der Waals surface area contributed by atoms with Crippen molar-refractivity contribution in [1.29, 1.82) is 0 Å². The zero-order valence-electron chi connectivity index (χ0n) is 17.3. The molecule has 0 aromatic carbocycles. The van der Waals surface area contributed by atoms with Crippen molar-refractivity contribution in [2.75, 3.05) is 6.26 Å². The van der Waals surface area contributed by atoms with Gasteiger partial charge in [0.1, 0.15) is 0 Å². The standard InChI is InChI=1S/C24H31N3OS/c1-16(28)18-7-9-23(25-14-18)24-12-11-22(27-24)20(13-17-5-3-4-6-17)21-10-8-19(29-2)15-26-21/h7-10,12,14-17,20,22,27-28H,3-6,11,13H2,1-2H3. The molecule has 2 aromatic rings. The molecule has 1 aliphatic carbocycles. The number of hydrogen-bond donors (Lipinski definition) is 2. The van der Waals surface area contributed by atoms with E-state index in [0.717, 1.165) is 29.3 Å². The number of nitrogens with one attached hydrogen (secondary N) is 1. The quantitative estimate of drug-likeness (QED) is 0.606. The molecule has 2 aliphatic rings.